The second-order valence-electron chi connectivity index (χ2n) is 10.1. The van der Waals surface area contributed by atoms with Crippen molar-refractivity contribution in [1.82, 2.24) is 0 Å². The minimum atomic E-state index is -4.53. The molecule has 0 radical (unpaired) electrons. The molecular formula is C30H21FeN3O15S3. The van der Waals surface area contributed by atoms with Gasteiger partial charge in [0.2, 0.25) is 17.1 Å². The Morgan fingerprint density at radius 3 is 0.865 bits per heavy atom. The normalized spacial score (nSPS) is 16.9. The number of fused-ring (bicyclic) bond motifs is 3. The molecule has 52 heavy (non-hydrogen) atoms. The van der Waals surface area contributed by atoms with Crippen molar-refractivity contribution in [2.45, 2.75) is 14.7 Å². The Hall–Kier alpha value is -5.45. The first kappa shape index (κ1) is 41.0. The fourth-order valence-corrected chi connectivity index (χ4v) is 6.14. The third-order valence-electron chi connectivity index (χ3n) is 6.99. The number of hydrogen-bond acceptors (Lipinski definition) is 15. The summed E-state index contributed by atoms with van der Waals surface area (Å²) in [5.41, 5.74) is 1.97. The number of oxime groups is 3. The molecule has 0 spiro atoms. The molecule has 272 valence electrons. The molecule has 3 aliphatic carbocycles. The van der Waals surface area contributed by atoms with Gasteiger partial charge in [-0.1, -0.05) is 33.7 Å². The van der Waals surface area contributed by atoms with Gasteiger partial charge in [0.25, 0.3) is 0 Å². The van der Waals surface area contributed by atoms with E-state index in [-0.39, 0.29) is 66.2 Å². The summed E-state index contributed by atoms with van der Waals surface area (Å²) in [5, 5.41) is 34.9. The summed E-state index contributed by atoms with van der Waals surface area (Å²) in [6.45, 7) is 0. The number of ketones is 3. The molecule has 6 rings (SSSR count). The summed E-state index contributed by atoms with van der Waals surface area (Å²) in [7, 11) is -13.6. The Labute approximate surface area is 304 Å². The van der Waals surface area contributed by atoms with Gasteiger partial charge in [-0.2, -0.15) is 0 Å². The molecule has 0 unspecified atom stereocenters. The quantitative estimate of drug-likeness (QED) is 0.110. The van der Waals surface area contributed by atoms with E-state index in [2.05, 4.69) is 15.5 Å². The maximum absolute atomic E-state index is 10.8. The van der Waals surface area contributed by atoms with Gasteiger partial charge in [-0.15, -0.1) is 0 Å². The molecule has 18 nitrogen and oxygen atoms in total. The molecule has 3 aromatic carbocycles. The van der Waals surface area contributed by atoms with Crippen molar-refractivity contribution in [1.29, 1.82) is 0 Å². The second kappa shape index (κ2) is 15.8. The van der Waals surface area contributed by atoms with Crippen LogP contribution in [-0.4, -0.2) is 103 Å². The Kier molecular flexibility index (Phi) is 12.5. The first-order valence-corrected chi connectivity index (χ1v) is 17.7. The predicted molar refractivity (Wildman–Crippen MR) is 176 cm³/mol. The van der Waals surface area contributed by atoms with Crippen molar-refractivity contribution < 1.29 is 86.0 Å². The van der Waals surface area contributed by atoms with E-state index in [9.17, 15) is 53.3 Å². The average molecular weight is 816 g/mol. The Bertz CT molecular complexity index is 2260. The van der Waals surface area contributed by atoms with Crippen LogP contribution in [0.2, 0.25) is 0 Å². The molecule has 6 N–H and O–H groups in total. The van der Waals surface area contributed by atoms with Crippen LogP contribution in [0.15, 0.2) is 103 Å². The van der Waals surface area contributed by atoms with Gasteiger partial charge in [-0.05, 0) is 71.3 Å². The Morgan fingerprint density at radius 1 is 0.442 bits per heavy atom. The molecule has 22 heteroatoms. The van der Waals surface area contributed by atoms with E-state index < -0.39 is 30.4 Å². The summed E-state index contributed by atoms with van der Waals surface area (Å²) in [6, 6.07) is 10.7. The molecule has 0 saturated carbocycles. The van der Waals surface area contributed by atoms with Gasteiger partial charge in [0.05, 0.1) is 14.7 Å². The number of rotatable bonds is 3. The molecule has 0 saturated heterocycles. The molecule has 0 amide bonds. The van der Waals surface area contributed by atoms with Crippen molar-refractivity contribution in [3.8, 4) is 0 Å². The van der Waals surface area contributed by atoms with Crippen molar-refractivity contribution in [3.05, 3.63) is 106 Å². The monoisotopic (exact) mass is 815 g/mol. The van der Waals surface area contributed by atoms with Gasteiger partial charge >= 0.3 is 17.3 Å². The van der Waals surface area contributed by atoms with E-state index in [1.807, 2.05) is 0 Å². The molecule has 0 bridgehead atoms. The van der Waals surface area contributed by atoms with E-state index in [1.54, 1.807) is 0 Å². The van der Waals surface area contributed by atoms with Gasteiger partial charge in [-0.3, -0.25) is 14.4 Å². The number of nitrogens with zero attached hydrogens (tertiary/aromatic N) is 3. The van der Waals surface area contributed by atoms with E-state index in [4.69, 9.17) is 15.6 Å². The van der Waals surface area contributed by atoms with Crippen LogP contribution < -0.4 is 0 Å². The van der Waals surface area contributed by atoms with Crippen molar-refractivity contribution >= 4 is 83.1 Å². The largest absolute Gasteiger partial charge is 0.744 e. The molecule has 0 aromatic heterocycles. The standard InChI is InChI=1S/3C10H7NO5S.Fe/c3*12-9-4-1-6-5-7(17(14,15)16)2-3-8(6)10(9)11-13;/h3*1-5,13H,(H,14,15,16);. The van der Waals surface area contributed by atoms with Gasteiger partial charge in [0.15, 0.2) is 0 Å². The van der Waals surface area contributed by atoms with E-state index in [1.165, 1.54) is 54.7 Å². The fourth-order valence-electron chi connectivity index (χ4n) is 4.62. The average Bonchev–Trinajstić information content (AvgIpc) is 3.07. The summed E-state index contributed by atoms with van der Waals surface area (Å²) in [5.74, 6) is -0.715. The zero-order chi connectivity index (χ0) is 37.9. The molecule has 0 fully saturated rings. The second-order valence-corrected chi connectivity index (χ2v) is 14.3. The molecular weight excluding hydrogens is 794 g/mol. The molecule has 0 heterocycles. The zero-order valence-electron chi connectivity index (χ0n) is 25.4. The van der Waals surface area contributed by atoms with Gasteiger partial charge < -0.3 is 29.3 Å². The van der Waals surface area contributed by atoms with Gasteiger partial charge in [0.1, 0.15) is 30.4 Å². The van der Waals surface area contributed by atoms with Crippen LogP contribution in [0.25, 0.3) is 18.2 Å². The topological polar surface area (TPSA) is 334 Å². The smallest absolute Gasteiger partial charge is 0.369 e. The summed E-state index contributed by atoms with van der Waals surface area (Å²) >= 11 is 0. The zero-order valence-corrected chi connectivity index (χ0v) is 29.0. The Balaban J connectivity index is 0.000000208. The van der Waals surface area contributed by atoms with Gasteiger partial charge in [-0.25, -0.2) is 25.3 Å². The van der Waals surface area contributed by atoms with Crippen molar-refractivity contribution in [2.75, 3.05) is 0 Å². The fraction of sp³-hybridized carbons (Fsp3) is 0. The summed E-state index contributed by atoms with van der Waals surface area (Å²) < 4.78 is 97.4. The van der Waals surface area contributed by atoms with Crippen LogP contribution in [0.4, 0.5) is 0 Å². The Morgan fingerprint density at radius 2 is 0.673 bits per heavy atom. The van der Waals surface area contributed by atoms with Crippen LogP contribution in [-0.2, 0) is 47.4 Å². The van der Waals surface area contributed by atoms with Gasteiger partial charge in [0, 0.05) is 52.0 Å². The number of benzene rings is 3. The van der Waals surface area contributed by atoms with Crippen LogP contribution in [0.3, 0.4) is 0 Å². The van der Waals surface area contributed by atoms with Crippen LogP contribution >= 0.6 is 0 Å². The van der Waals surface area contributed by atoms with Crippen LogP contribution in [0, 0.1) is 0 Å². The number of hydrogen-bond donors (Lipinski definition) is 3. The minimum absolute atomic E-state index is 0. The SMILES string of the molecule is O=S(=O)([O-])c1ccc2c(c1)C=CC(=[OH+])C2=NO.O=S(=O)([O-])c1ccc2c(c1)C=CC(=[OH+])C2=NO.O=S(=O)([O-])c1ccc2c(c1)C=CC(=[OH+])C2=NO.[Fe]. The maximum atomic E-state index is 10.8. The third-order valence-corrected chi connectivity index (χ3v) is 9.48. The van der Waals surface area contributed by atoms with Crippen LogP contribution in [0.5, 0.6) is 0 Å². The third kappa shape index (κ3) is 9.06. The first-order chi connectivity index (χ1) is 23.8. The van der Waals surface area contributed by atoms with Crippen molar-refractivity contribution in [2.24, 2.45) is 15.5 Å². The predicted octanol–water partition coefficient (Wildman–Crippen LogP) is 1.02. The van der Waals surface area contributed by atoms with Crippen LogP contribution in [0.1, 0.15) is 33.4 Å². The van der Waals surface area contributed by atoms with E-state index in [0.29, 0.717) is 33.4 Å². The number of allylic oxidation sites excluding steroid dienone is 3. The summed E-state index contributed by atoms with van der Waals surface area (Å²) in [4.78, 5) is 27.1. The summed E-state index contributed by atoms with van der Waals surface area (Å²) in [6.07, 6.45) is 8.02. The first-order valence-electron chi connectivity index (χ1n) is 13.5. The maximum Gasteiger partial charge on any atom is 0.369 e. The minimum Gasteiger partial charge on any atom is -0.744 e. The number of carbonyl (C=O) groups excluding carboxylic acids is 3. The van der Waals surface area contributed by atoms with Crippen molar-refractivity contribution in [3.63, 3.8) is 0 Å². The molecule has 0 aliphatic heterocycles. The van der Waals surface area contributed by atoms with E-state index >= 15 is 0 Å². The molecule has 3 aromatic rings. The molecule has 3 aliphatic rings. The van der Waals surface area contributed by atoms with E-state index in [0.717, 1.165) is 36.4 Å². The molecule has 0 atom stereocenters.